The van der Waals surface area contributed by atoms with Gasteiger partial charge in [-0.05, 0) is 30.7 Å². The van der Waals surface area contributed by atoms with Crippen LogP contribution in [0.25, 0.3) is 0 Å². The number of thiophene rings is 1. The molecule has 0 aliphatic heterocycles. The molecule has 0 saturated heterocycles. The molecule has 96 valence electrons. The van der Waals surface area contributed by atoms with E-state index in [0.29, 0.717) is 10.8 Å². The first kappa shape index (κ1) is 13.4. The minimum atomic E-state index is -0.543. The summed E-state index contributed by atoms with van der Waals surface area (Å²) in [5.74, 6) is 0.808. The topological polar surface area (TPSA) is 29.5 Å². The summed E-state index contributed by atoms with van der Waals surface area (Å²) >= 11 is 7.28. The summed E-state index contributed by atoms with van der Waals surface area (Å²) in [4.78, 5) is 0.878. The van der Waals surface area contributed by atoms with E-state index < -0.39 is 6.10 Å². The molecule has 0 bridgehead atoms. The highest BCUT2D eigenvalue weighted by Gasteiger charge is 2.14. The summed E-state index contributed by atoms with van der Waals surface area (Å²) < 4.78 is 6.00. The van der Waals surface area contributed by atoms with E-state index in [-0.39, 0.29) is 0 Å². The van der Waals surface area contributed by atoms with Crippen LogP contribution in [-0.4, -0.2) is 12.2 Å². The fraction of sp³-hybridized carbons (Fsp3) is 0.286. The molecular weight excluding hydrogens is 268 g/mol. The molecule has 2 aromatic rings. The van der Waals surface area contributed by atoms with Gasteiger partial charge in [0.15, 0.2) is 0 Å². The average molecular weight is 283 g/mol. The van der Waals surface area contributed by atoms with E-state index in [4.69, 9.17) is 16.3 Å². The number of halogens is 1. The highest BCUT2D eigenvalue weighted by atomic mass is 35.5. The highest BCUT2D eigenvalue weighted by Crippen LogP contribution is 2.31. The normalized spacial score (nSPS) is 12.4. The molecule has 0 radical (unpaired) electrons. The molecule has 1 heterocycles. The van der Waals surface area contributed by atoms with E-state index in [2.05, 4.69) is 0 Å². The summed E-state index contributed by atoms with van der Waals surface area (Å²) in [5.41, 5.74) is 2.16. The van der Waals surface area contributed by atoms with Gasteiger partial charge in [0.05, 0.1) is 17.6 Å². The molecule has 18 heavy (non-hydrogen) atoms. The zero-order valence-electron chi connectivity index (χ0n) is 10.3. The van der Waals surface area contributed by atoms with Crippen LogP contribution in [0.1, 0.15) is 22.1 Å². The van der Waals surface area contributed by atoms with Crippen molar-refractivity contribution in [2.24, 2.45) is 0 Å². The van der Waals surface area contributed by atoms with Crippen molar-refractivity contribution in [2.75, 3.05) is 7.11 Å². The van der Waals surface area contributed by atoms with Gasteiger partial charge in [0.2, 0.25) is 0 Å². The summed E-state index contributed by atoms with van der Waals surface area (Å²) in [6.07, 6.45) is -0.0139. The maximum atomic E-state index is 10.2. The molecule has 1 N–H and O–H groups in total. The lowest BCUT2D eigenvalue weighted by atomic mass is 10.0. The molecule has 1 unspecified atom stereocenters. The lowest BCUT2D eigenvalue weighted by Crippen LogP contribution is -2.02. The highest BCUT2D eigenvalue weighted by molar-refractivity contribution is 7.16. The second-order valence-electron chi connectivity index (χ2n) is 4.18. The van der Waals surface area contributed by atoms with E-state index in [1.54, 1.807) is 13.2 Å². The van der Waals surface area contributed by atoms with Crippen LogP contribution in [0, 0.1) is 6.92 Å². The van der Waals surface area contributed by atoms with Gasteiger partial charge in [-0.2, -0.15) is 0 Å². The Morgan fingerprint density at radius 2 is 2.11 bits per heavy atom. The van der Waals surface area contributed by atoms with E-state index in [1.807, 2.05) is 31.2 Å². The van der Waals surface area contributed by atoms with E-state index in [1.165, 1.54) is 11.3 Å². The molecule has 2 rings (SSSR count). The smallest absolute Gasteiger partial charge is 0.122 e. The number of aryl methyl sites for hydroxylation is 1. The summed E-state index contributed by atoms with van der Waals surface area (Å²) in [5, 5.41) is 10.2. The summed E-state index contributed by atoms with van der Waals surface area (Å²) in [6, 6.07) is 9.63. The molecule has 0 saturated carbocycles. The number of hydrogen-bond acceptors (Lipinski definition) is 3. The molecule has 0 aliphatic rings. The maximum absolute atomic E-state index is 10.2. The number of rotatable bonds is 4. The SMILES string of the molecule is COc1ccc(C)cc1CC(O)c1ccc(Cl)s1. The minimum absolute atomic E-state index is 0.529. The minimum Gasteiger partial charge on any atom is -0.496 e. The van der Waals surface area contributed by atoms with Gasteiger partial charge in [-0.15, -0.1) is 11.3 Å². The molecule has 0 amide bonds. The van der Waals surface area contributed by atoms with Gasteiger partial charge in [-0.3, -0.25) is 0 Å². The lowest BCUT2D eigenvalue weighted by molar-refractivity contribution is 0.181. The van der Waals surface area contributed by atoms with Gasteiger partial charge >= 0.3 is 0 Å². The molecule has 1 aromatic carbocycles. The lowest BCUT2D eigenvalue weighted by Gasteiger charge is -2.13. The van der Waals surface area contributed by atoms with Crippen LogP contribution in [0.4, 0.5) is 0 Å². The molecule has 0 fully saturated rings. The largest absolute Gasteiger partial charge is 0.496 e. The monoisotopic (exact) mass is 282 g/mol. The Hall–Kier alpha value is -1.03. The fourth-order valence-electron chi connectivity index (χ4n) is 1.88. The fourth-order valence-corrected chi connectivity index (χ4v) is 2.93. The Balaban J connectivity index is 2.20. The van der Waals surface area contributed by atoms with Gasteiger partial charge in [-0.1, -0.05) is 29.3 Å². The number of methoxy groups -OCH3 is 1. The molecule has 0 aliphatic carbocycles. The Bertz CT molecular complexity index is 536. The van der Waals surface area contributed by atoms with Crippen LogP contribution in [0.3, 0.4) is 0 Å². The van der Waals surface area contributed by atoms with E-state index in [0.717, 1.165) is 21.8 Å². The number of ether oxygens (including phenoxy) is 1. The maximum Gasteiger partial charge on any atom is 0.122 e. The second kappa shape index (κ2) is 5.74. The number of aliphatic hydroxyl groups is 1. The average Bonchev–Trinajstić information content (AvgIpc) is 2.76. The Morgan fingerprint density at radius 1 is 1.33 bits per heavy atom. The first-order valence-electron chi connectivity index (χ1n) is 5.67. The van der Waals surface area contributed by atoms with Crippen LogP contribution in [0.15, 0.2) is 30.3 Å². The molecule has 1 atom stereocenters. The predicted octanol–water partition coefficient (Wildman–Crippen LogP) is 3.99. The zero-order valence-corrected chi connectivity index (χ0v) is 11.9. The van der Waals surface area contributed by atoms with Crippen LogP contribution < -0.4 is 4.74 Å². The van der Waals surface area contributed by atoms with Crippen molar-refractivity contribution in [3.05, 3.63) is 50.7 Å². The first-order chi connectivity index (χ1) is 8.60. The number of benzene rings is 1. The Kier molecular flexibility index (Phi) is 4.27. The summed E-state index contributed by atoms with van der Waals surface area (Å²) in [7, 11) is 1.64. The number of hydrogen-bond donors (Lipinski definition) is 1. The van der Waals surface area contributed by atoms with E-state index >= 15 is 0 Å². The van der Waals surface area contributed by atoms with Crippen molar-refractivity contribution < 1.29 is 9.84 Å². The Labute approximate surface area is 116 Å². The number of aliphatic hydroxyl groups excluding tert-OH is 1. The van der Waals surface area contributed by atoms with Gasteiger partial charge in [0.1, 0.15) is 5.75 Å². The molecule has 2 nitrogen and oxygen atoms in total. The second-order valence-corrected chi connectivity index (χ2v) is 5.92. The van der Waals surface area contributed by atoms with Crippen molar-refractivity contribution in [3.63, 3.8) is 0 Å². The zero-order chi connectivity index (χ0) is 13.1. The quantitative estimate of drug-likeness (QED) is 0.919. The van der Waals surface area contributed by atoms with Gasteiger partial charge in [0, 0.05) is 11.3 Å². The molecule has 0 spiro atoms. The van der Waals surface area contributed by atoms with Crippen molar-refractivity contribution in [1.82, 2.24) is 0 Å². The van der Waals surface area contributed by atoms with Crippen molar-refractivity contribution >= 4 is 22.9 Å². The third kappa shape index (κ3) is 3.05. The van der Waals surface area contributed by atoms with E-state index in [9.17, 15) is 5.11 Å². The first-order valence-corrected chi connectivity index (χ1v) is 6.86. The predicted molar refractivity (Wildman–Crippen MR) is 75.7 cm³/mol. The van der Waals surface area contributed by atoms with Crippen molar-refractivity contribution in [1.29, 1.82) is 0 Å². The van der Waals surface area contributed by atoms with Crippen LogP contribution in [0.2, 0.25) is 4.34 Å². The van der Waals surface area contributed by atoms with Crippen LogP contribution in [0.5, 0.6) is 5.75 Å². The van der Waals surface area contributed by atoms with Crippen LogP contribution in [-0.2, 0) is 6.42 Å². The van der Waals surface area contributed by atoms with Crippen molar-refractivity contribution in [3.8, 4) is 5.75 Å². The molecular formula is C14H15ClO2S. The van der Waals surface area contributed by atoms with Crippen molar-refractivity contribution in [2.45, 2.75) is 19.4 Å². The van der Waals surface area contributed by atoms with Gasteiger partial charge in [-0.25, -0.2) is 0 Å². The standard InChI is InChI=1S/C14H15ClO2S/c1-9-3-4-12(17-2)10(7-9)8-11(16)13-5-6-14(15)18-13/h3-7,11,16H,8H2,1-2H3. The third-order valence-electron chi connectivity index (χ3n) is 2.77. The molecule has 1 aromatic heterocycles. The van der Waals surface area contributed by atoms with Gasteiger partial charge < -0.3 is 9.84 Å². The van der Waals surface area contributed by atoms with Crippen LogP contribution >= 0.6 is 22.9 Å². The Morgan fingerprint density at radius 3 is 2.72 bits per heavy atom. The summed E-state index contributed by atoms with van der Waals surface area (Å²) in [6.45, 7) is 2.03. The third-order valence-corrected chi connectivity index (χ3v) is 4.10. The van der Waals surface area contributed by atoms with Gasteiger partial charge in [0.25, 0.3) is 0 Å². The molecule has 4 heteroatoms.